The summed E-state index contributed by atoms with van der Waals surface area (Å²) in [6.45, 7) is 2.68. The van der Waals surface area contributed by atoms with Crippen LogP contribution in [-0.2, 0) is 19.5 Å². The summed E-state index contributed by atoms with van der Waals surface area (Å²) in [6.07, 6.45) is 9.82. The summed E-state index contributed by atoms with van der Waals surface area (Å²) in [5, 5.41) is 1.03. The summed E-state index contributed by atoms with van der Waals surface area (Å²) < 4.78 is 5.23. The van der Waals surface area contributed by atoms with Crippen LogP contribution in [0.5, 0.6) is 5.75 Å². The molecule has 3 aromatic heterocycles. The van der Waals surface area contributed by atoms with E-state index in [1.807, 2.05) is 36.7 Å². The number of ether oxygens (including phenoxy) is 1. The van der Waals surface area contributed by atoms with Gasteiger partial charge in [0.1, 0.15) is 17.1 Å². The van der Waals surface area contributed by atoms with E-state index in [4.69, 9.17) is 9.72 Å². The normalized spacial score (nSPS) is 13.8. The van der Waals surface area contributed by atoms with Gasteiger partial charge in [0.05, 0.1) is 18.4 Å². The molecule has 1 aliphatic heterocycles. The zero-order valence-corrected chi connectivity index (χ0v) is 17.3. The molecule has 0 radical (unpaired) electrons. The van der Waals surface area contributed by atoms with Gasteiger partial charge in [-0.3, -0.25) is 4.90 Å². The third-order valence-electron chi connectivity index (χ3n) is 5.10. The fourth-order valence-corrected chi connectivity index (χ4v) is 4.49. The fraction of sp³-hybridized carbons (Fsp3) is 0.227. The van der Waals surface area contributed by atoms with Crippen molar-refractivity contribution < 1.29 is 4.74 Å². The van der Waals surface area contributed by atoms with Crippen molar-refractivity contribution in [2.24, 2.45) is 0 Å². The SMILES string of the molecule is COc1ccc(-c2ncc(CN3CCc4nc(-c5cncnc5)ncc4C3)s2)cc1. The quantitative estimate of drug-likeness (QED) is 0.492. The van der Waals surface area contributed by atoms with Crippen molar-refractivity contribution in [3.63, 3.8) is 0 Å². The van der Waals surface area contributed by atoms with Gasteiger partial charge in [-0.25, -0.2) is 24.9 Å². The summed E-state index contributed by atoms with van der Waals surface area (Å²) in [5.74, 6) is 1.54. The van der Waals surface area contributed by atoms with Crippen molar-refractivity contribution in [1.29, 1.82) is 0 Å². The largest absolute Gasteiger partial charge is 0.497 e. The number of nitrogens with zero attached hydrogens (tertiary/aromatic N) is 6. The maximum absolute atomic E-state index is 5.23. The number of benzene rings is 1. The molecule has 150 valence electrons. The van der Waals surface area contributed by atoms with Crippen molar-refractivity contribution in [3.8, 4) is 27.7 Å². The minimum absolute atomic E-state index is 0.689. The summed E-state index contributed by atoms with van der Waals surface area (Å²) in [5.41, 5.74) is 4.25. The molecule has 0 spiro atoms. The average Bonchev–Trinajstić information content (AvgIpc) is 3.28. The van der Waals surface area contributed by atoms with E-state index < -0.39 is 0 Å². The third-order valence-corrected chi connectivity index (χ3v) is 6.13. The lowest BCUT2D eigenvalue weighted by molar-refractivity contribution is 0.245. The van der Waals surface area contributed by atoms with E-state index in [0.29, 0.717) is 5.82 Å². The van der Waals surface area contributed by atoms with E-state index in [-0.39, 0.29) is 0 Å². The summed E-state index contributed by atoms with van der Waals surface area (Å²) in [4.78, 5) is 25.7. The first-order valence-electron chi connectivity index (χ1n) is 9.70. The molecule has 0 unspecified atom stereocenters. The Hall–Kier alpha value is -3.23. The van der Waals surface area contributed by atoms with E-state index in [1.54, 1.807) is 30.8 Å². The highest BCUT2D eigenvalue weighted by Crippen LogP contribution is 2.29. The molecule has 8 heteroatoms. The maximum Gasteiger partial charge on any atom is 0.162 e. The van der Waals surface area contributed by atoms with Gasteiger partial charge in [0, 0.05) is 66.8 Å². The van der Waals surface area contributed by atoms with Crippen LogP contribution in [0, 0.1) is 0 Å². The lowest BCUT2D eigenvalue weighted by atomic mass is 10.1. The Kier molecular flexibility index (Phi) is 5.17. The predicted octanol–water partition coefficient (Wildman–Crippen LogP) is 3.62. The molecule has 0 fully saturated rings. The molecule has 0 N–H and O–H groups in total. The second-order valence-corrected chi connectivity index (χ2v) is 8.23. The molecule has 0 aliphatic carbocycles. The lowest BCUT2D eigenvalue weighted by Gasteiger charge is -2.27. The van der Waals surface area contributed by atoms with Crippen molar-refractivity contribution in [1.82, 2.24) is 29.8 Å². The maximum atomic E-state index is 5.23. The zero-order chi connectivity index (χ0) is 20.3. The molecule has 0 saturated heterocycles. The molecular formula is C22H20N6OS. The zero-order valence-electron chi connectivity index (χ0n) is 16.5. The van der Waals surface area contributed by atoms with E-state index in [2.05, 4.69) is 24.8 Å². The molecule has 0 bridgehead atoms. The Morgan fingerprint density at radius 3 is 2.63 bits per heavy atom. The van der Waals surface area contributed by atoms with Gasteiger partial charge in [-0.05, 0) is 24.3 Å². The van der Waals surface area contributed by atoms with Crippen LogP contribution in [0.2, 0.25) is 0 Å². The summed E-state index contributed by atoms with van der Waals surface area (Å²) >= 11 is 1.74. The van der Waals surface area contributed by atoms with Gasteiger partial charge in [0.25, 0.3) is 0 Å². The molecule has 7 nitrogen and oxygen atoms in total. The molecule has 0 saturated carbocycles. The van der Waals surface area contributed by atoms with Crippen molar-refractivity contribution in [3.05, 3.63) is 71.5 Å². The Bertz CT molecular complexity index is 1150. The lowest BCUT2D eigenvalue weighted by Crippen LogP contribution is -2.30. The molecule has 4 aromatic rings. The topological polar surface area (TPSA) is 76.9 Å². The standard InChI is InChI=1S/C22H20N6OS/c1-29-18-4-2-15(3-5-18)22-26-11-19(30-22)13-28-7-6-20-17(12-28)10-25-21(27-20)16-8-23-14-24-9-16/h2-5,8-11,14H,6-7,12-13H2,1H3. The molecule has 1 aromatic carbocycles. The molecule has 30 heavy (non-hydrogen) atoms. The van der Waals surface area contributed by atoms with Gasteiger partial charge in [0.15, 0.2) is 5.82 Å². The highest BCUT2D eigenvalue weighted by atomic mass is 32.1. The number of hydrogen-bond donors (Lipinski definition) is 0. The first-order chi connectivity index (χ1) is 14.8. The summed E-state index contributed by atoms with van der Waals surface area (Å²) in [6, 6.07) is 8.03. The van der Waals surface area contributed by atoms with Gasteiger partial charge >= 0.3 is 0 Å². The number of rotatable bonds is 5. The Balaban J connectivity index is 1.27. The Morgan fingerprint density at radius 1 is 1.00 bits per heavy atom. The number of hydrogen-bond acceptors (Lipinski definition) is 8. The molecule has 1 aliphatic rings. The van der Waals surface area contributed by atoms with Crippen LogP contribution >= 0.6 is 11.3 Å². The second kappa shape index (κ2) is 8.25. The van der Waals surface area contributed by atoms with Crippen LogP contribution in [-0.4, -0.2) is 43.5 Å². The van der Waals surface area contributed by atoms with Crippen LogP contribution in [0.4, 0.5) is 0 Å². The van der Waals surface area contributed by atoms with Gasteiger partial charge in [-0.15, -0.1) is 11.3 Å². The Labute approximate surface area is 178 Å². The van der Waals surface area contributed by atoms with Crippen molar-refractivity contribution >= 4 is 11.3 Å². The van der Waals surface area contributed by atoms with E-state index in [0.717, 1.165) is 53.6 Å². The van der Waals surface area contributed by atoms with Crippen molar-refractivity contribution in [2.45, 2.75) is 19.5 Å². The molecule has 0 amide bonds. The van der Waals surface area contributed by atoms with Gasteiger partial charge in [0.2, 0.25) is 0 Å². The van der Waals surface area contributed by atoms with Crippen LogP contribution < -0.4 is 4.74 Å². The van der Waals surface area contributed by atoms with Gasteiger partial charge < -0.3 is 4.74 Å². The number of methoxy groups -OCH3 is 1. The average molecular weight is 417 g/mol. The number of fused-ring (bicyclic) bond motifs is 1. The van der Waals surface area contributed by atoms with Gasteiger partial charge in [-0.1, -0.05) is 0 Å². The van der Waals surface area contributed by atoms with Gasteiger partial charge in [-0.2, -0.15) is 0 Å². The molecular weight excluding hydrogens is 396 g/mol. The van der Waals surface area contributed by atoms with Crippen LogP contribution in [0.25, 0.3) is 22.0 Å². The number of aromatic nitrogens is 5. The predicted molar refractivity (Wildman–Crippen MR) is 115 cm³/mol. The Morgan fingerprint density at radius 2 is 1.83 bits per heavy atom. The second-order valence-electron chi connectivity index (χ2n) is 7.11. The van der Waals surface area contributed by atoms with Crippen LogP contribution in [0.1, 0.15) is 16.1 Å². The molecule has 5 rings (SSSR count). The first kappa shape index (κ1) is 18.8. The molecule has 4 heterocycles. The minimum Gasteiger partial charge on any atom is -0.497 e. The van der Waals surface area contributed by atoms with E-state index in [9.17, 15) is 0 Å². The third kappa shape index (κ3) is 3.92. The van der Waals surface area contributed by atoms with Crippen LogP contribution in [0.15, 0.2) is 55.4 Å². The van der Waals surface area contributed by atoms with Crippen molar-refractivity contribution in [2.75, 3.05) is 13.7 Å². The minimum atomic E-state index is 0.689. The highest BCUT2D eigenvalue weighted by Gasteiger charge is 2.20. The summed E-state index contributed by atoms with van der Waals surface area (Å²) in [7, 11) is 1.68. The molecule has 0 atom stereocenters. The first-order valence-corrected chi connectivity index (χ1v) is 10.5. The smallest absolute Gasteiger partial charge is 0.162 e. The van der Waals surface area contributed by atoms with E-state index in [1.165, 1.54) is 16.8 Å². The highest BCUT2D eigenvalue weighted by molar-refractivity contribution is 7.15. The van der Waals surface area contributed by atoms with E-state index >= 15 is 0 Å². The fourth-order valence-electron chi connectivity index (χ4n) is 3.53. The number of thiazole rings is 1. The van der Waals surface area contributed by atoms with Crippen LogP contribution in [0.3, 0.4) is 0 Å². The monoisotopic (exact) mass is 416 g/mol.